The molecule has 1 aromatic carbocycles. The predicted molar refractivity (Wildman–Crippen MR) is 117 cm³/mol. The molecule has 0 aliphatic carbocycles. The van der Waals surface area contributed by atoms with E-state index in [1.54, 1.807) is 6.07 Å². The summed E-state index contributed by atoms with van der Waals surface area (Å²) in [4.78, 5) is 25.9. The van der Waals surface area contributed by atoms with Gasteiger partial charge in [0.1, 0.15) is 16.6 Å². The molecule has 3 N–H and O–H groups in total. The first kappa shape index (κ1) is 22.0. The lowest BCUT2D eigenvalue weighted by Crippen LogP contribution is -3.03. The van der Waals surface area contributed by atoms with Crippen LogP contribution >= 0.6 is 11.3 Å². The fourth-order valence-corrected chi connectivity index (χ4v) is 5.58. The fourth-order valence-electron chi connectivity index (χ4n) is 4.32. The van der Waals surface area contributed by atoms with E-state index < -0.39 is 18.5 Å². The summed E-state index contributed by atoms with van der Waals surface area (Å²) in [6, 6.07) is 7.69. The van der Waals surface area contributed by atoms with E-state index in [0.717, 1.165) is 28.0 Å². The van der Waals surface area contributed by atoms with Gasteiger partial charge in [0.2, 0.25) is 0 Å². The Morgan fingerprint density at radius 1 is 1.27 bits per heavy atom. The Hall–Kier alpha value is -2.69. The van der Waals surface area contributed by atoms with Crippen LogP contribution < -0.4 is 10.6 Å². The van der Waals surface area contributed by atoms with Crippen LogP contribution in [0.3, 0.4) is 0 Å². The Kier molecular flexibility index (Phi) is 5.76. The van der Waals surface area contributed by atoms with Crippen LogP contribution in [-0.2, 0) is 21.5 Å². The molecule has 7 heteroatoms. The highest BCUT2D eigenvalue weighted by molar-refractivity contribution is 7.16. The molecule has 0 spiro atoms. The maximum absolute atomic E-state index is 12.5. The second kappa shape index (κ2) is 7.86. The molecule has 0 saturated heterocycles. The topological polar surface area (TPSA) is 95.8 Å². The minimum Gasteiger partial charge on any atom is -0.452 e. The minimum absolute atomic E-state index is 0.0358. The average molecular weight is 427 g/mol. The number of fused-ring (bicyclic) bond motifs is 1. The molecule has 2 heterocycles. The van der Waals surface area contributed by atoms with E-state index in [4.69, 9.17) is 4.74 Å². The number of thiophene rings is 1. The van der Waals surface area contributed by atoms with Gasteiger partial charge in [-0.2, -0.15) is 5.26 Å². The Labute approximate surface area is 181 Å². The molecule has 0 atom stereocenters. The number of carbonyl (C=O) groups excluding carboxylic acids is 2. The minimum atomic E-state index is -0.536. The third-order valence-electron chi connectivity index (χ3n) is 5.28. The third-order valence-corrected chi connectivity index (χ3v) is 6.76. The standard InChI is InChI=1S/C23H27N3O3S/c1-13-7-8-15(14(2)9-13)21(28)29-12-18(27)25-20-17(11-24)16-10-22(3,4)26-23(5,6)19(16)30-20/h7-9,26H,10,12H2,1-6H3,(H,25,27)/p+1. The maximum Gasteiger partial charge on any atom is 0.338 e. The fraction of sp³-hybridized carbons (Fsp3) is 0.435. The predicted octanol–water partition coefficient (Wildman–Crippen LogP) is 3.17. The Bertz CT molecular complexity index is 1060. The number of hydrogen-bond donors (Lipinski definition) is 2. The van der Waals surface area contributed by atoms with Crippen molar-refractivity contribution in [2.24, 2.45) is 0 Å². The number of anilines is 1. The van der Waals surface area contributed by atoms with Crippen LogP contribution in [0.1, 0.15) is 65.2 Å². The van der Waals surface area contributed by atoms with Crippen molar-refractivity contribution in [1.29, 1.82) is 5.26 Å². The lowest BCUT2D eigenvalue weighted by molar-refractivity contribution is -0.789. The lowest BCUT2D eigenvalue weighted by Gasteiger charge is -2.38. The van der Waals surface area contributed by atoms with Gasteiger partial charge in [-0.05, 0) is 58.7 Å². The molecular formula is C23H28N3O3S+. The normalized spacial score (nSPS) is 16.3. The molecule has 2 aromatic rings. The van der Waals surface area contributed by atoms with Gasteiger partial charge in [-0.25, -0.2) is 4.79 Å². The zero-order valence-electron chi connectivity index (χ0n) is 18.3. The van der Waals surface area contributed by atoms with Crippen molar-refractivity contribution in [2.45, 2.75) is 59.0 Å². The molecule has 158 valence electrons. The summed E-state index contributed by atoms with van der Waals surface area (Å²) < 4.78 is 5.20. The van der Waals surface area contributed by atoms with Gasteiger partial charge in [0.15, 0.2) is 6.61 Å². The molecule has 1 aliphatic heterocycles. The molecule has 6 nitrogen and oxygen atoms in total. The second-order valence-corrected chi connectivity index (χ2v) is 10.2. The van der Waals surface area contributed by atoms with Crippen LogP contribution in [0.15, 0.2) is 18.2 Å². The van der Waals surface area contributed by atoms with Crippen molar-refractivity contribution in [3.8, 4) is 6.07 Å². The van der Waals surface area contributed by atoms with E-state index in [-0.39, 0.29) is 11.1 Å². The van der Waals surface area contributed by atoms with Crippen molar-refractivity contribution in [3.05, 3.63) is 50.9 Å². The summed E-state index contributed by atoms with van der Waals surface area (Å²) in [5, 5.41) is 15.4. The number of rotatable bonds is 4. The molecular weight excluding hydrogens is 398 g/mol. The van der Waals surface area contributed by atoms with E-state index in [0.29, 0.717) is 16.1 Å². The van der Waals surface area contributed by atoms with Crippen molar-refractivity contribution < 1.29 is 19.6 Å². The van der Waals surface area contributed by atoms with E-state index in [1.807, 2.05) is 26.0 Å². The van der Waals surface area contributed by atoms with Gasteiger partial charge in [0.05, 0.1) is 21.5 Å². The summed E-state index contributed by atoms with van der Waals surface area (Å²) in [7, 11) is 0. The molecule has 0 fully saturated rings. The van der Waals surface area contributed by atoms with Gasteiger partial charge in [-0.1, -0.05) is 17.7 Å². The molecule has 0 unspecified atom stereocenters. The highest BCUT2D eigenvalue weighted by atomic mass is 32.1. The zero-order valence-corrected chi connectivity index (χ0v) is 19.1. The van der Waals surface area contributed by atoms with Gasteiger partial charge < -0.3 is 15.4 Å². The number of nitrogens with one attached hydrogen (secondary N) is 1. The molecule has 3 rings (SSSR count). The summed E-state index contributed by atoms with van der Waals surface area (Å²) in [6.45, 7) is 11.9. The average Bonchev–Trinajstić information content (AvgIpc) is 2.95. The summed E-state index contributed by atoms with van der Waals surface area (Å²) in [5.74, 6) is -0.990. The molecule has 0 bridgehead atoms. The number of amides is 1. The smallest absolute Gasteiger partial charge is 0.338 e. The first-order chi connectivity index (χ1) is 13.9. The van der Waals surface area contributed by atoms with Crippen LogP contribution in [0.25, 0.3) is 0 Å². The largest absolute Gasteiger partial charge is 0.452 e. The van der Waals surface area contributed by atoms with Gasteiger partial charge in [-0.3, -0.25) is 4.79 Å². The van der Waals surface area contributed by atoms with Crippen LogP contribution in [0.2, 0.25) is 0 Å². The molecule has 0 radical (unpaired) electrons. The molecule has 1 amide bonds. The maximum atomic E-state index is 12.5. The third kappa shape index (κ3) is 4.40. The number of benzene rings is 1. The molecule has 0 saturated carbocycles. The van der Waals surface area contributed by atoms with Crippen molar-refractivity contribution in [3.63, 3.8) is 0 Å². The van der Waals surface area contributed by atoms with Gasteiger partial charge in [-0.15, -0.1) is 11.3 Å². The number of hydrogen-bond acceptors (Lipinski definition) is 5. The lowest BCUT2D eigenvalue weighted by atomic mass is 9.81. The first-order valence-electron chi connectivity index (χ1n) is 9.91. The zero-order chi connectivity index (χ0) is 22.3. The number of nitriles is 1. The number of nitrogens with two attached hydrogens (primary N) is 1. The van der Waals surface area contributed by atoms with E-state index in [1.165, 1.54) is 11.3 Å². The number of carbonyl (C=O) groups is 2. The van der Waals surface area contributed by atoms with Crippen molar-refractivity contribution in [2.75, 3.05) is 11.9 Å². The molecule has 1 aromatic heterocycles. The van der Waals surface area contributed by atoms with E-state index in [9.17, 15) is 14.9 Å². The second-order valence-electron chi connectivity index (χ2n) is 9.20. The highest BCUT2D eigenvalue weighted by Gasteiger charge is 2.44. The van der Waals surface area contributed by atoms with E-state index in [2.05, 4.69) is 44.4 Å². The highest BCUT2D eigenvalue weighted by Crippen LogP contribution is 2.41. The summed E-state index contributed by atoms with van der Waals surface area (Å²) >= 11 is 1.43. The van der Waals surface area contributed by atoms with Crippen molar-refractivity contribution >= 4 is 28.2 Å². The first-order valence-corrected chi connectivity index (χ1v) is 10.7. The Morgan fingerprint density at radius 2 is 1.97 bits per heavy atom. The van der Waals surface area contributed by atoms with Gasteiger partial charge >= 0.3 is 5.97 Å². The van der Waals surface area contributed by atoms with Crippen LogP contribution in [0, 0.1) is 25.2 Å². The number of aryl methyl sites for hydroxylation is 2. The molecule has 1 aliphatic rings. The SMILES string of the molecule is Cc1ccc(C(=O)OCC(=O)Nc2sc3c(c2C#N)CC(C)(C)[NH2+]C3(C)C)c(C)c1. The Morgan fingerprint density at radius 3 is 2.60 bits per heavy atom. The number of nitrogens with zero attached hydrogens (tertiary/aromatic N) is 1. The van der Waals surface area contributed by atoms with Gasteiger partial charge in [0.25, 0.3) is 5.91 Å². The van der Waals surface area contributed by atoms with Crippen LogP contribution in [0.4, 0.5) is 5.00 Å². The van der Waals surface area contributed by atoms with E-state index >= 15 is 0 Å². The monoisotopic (exact) mass is 426 g/mol. The number of quaternary nitrogens is 1. The van der Waals surface area contributed by atoms with Crippen LogP contribution in [-0.4, -0.2) is 24.0 Å². The summed E-state index contributed by atoms with van der Waals surface area (Å²) in [5.41, 5.74) is 3.59. The van der Waals surface area contributed by atoms with Crippen LogP contribution in [0.5, 0.6) is 0 Å². The molecule has 30 heavy (non-hydrogen) atoms. The van der Waals surface area contributed by atoms with Gasteiger partial charge in [0, 0.05) is 6.42 Å². The number of esters is 1. The number of ether oxygens (including phenoxy) is 1. The summed E-state index contributed by atoms with van der Waals surface area (Å²) in [6.07, 6.45) is 0.753. The Balaban J connectivity index is 1.74. The quantitative estimate of drug-likeness (QED) is 0.734. The van der Waals surface area contributed by atoms with Crippen molar-refractivity contribution in [1.82, 2.24) is 0 Å².